The quantitative estimate of drug-likeness (QED) is 0.557. The van der Waals surface area contributed by atoms with Crippen molar-refractivity contribution in [2.45, 2.75) is 19.3 Å². The van der Waals surface area contributed by atoms with Crippen LogP contribution >= 0.6 is 0 Å². The van der Waals surface area contributed by atoms with Crippen molar-refractivity contribution in [2.75, 3.05) is 7.11 Å². The number of unbranched alkanes of at least 4 members (excludes halogenated alkanes) is 1. The minimum Gasteiger partial charge on any atom is -0.465 e. The SMILES string of the molecule is COC(=O)c1ccc(CCCC#N)cc1. The molecule has 0 atom stereocenters. The van der Waals surface area contributed by atoms with Gasteiger partial charge >= 0.3 is 5.97 Å². The van der Waals surface area contributed by atoms with Crippen LogP contribution in [0.2, 0.25) is 0 Å². The van der Waals surface area contributed by atoms with E-state index in [2.05, 4.69) is 10.8 Å². The lowest BCUT2D eigenvalue weighted by Crippen LogP contribution is -2.00. The molecule has 0 aliphatic carbocycles. The summed E-state index contributed by atoms with van der Waals surface area (Å²) in [7, 11) is 1.36. The lowest BCUT2D eigenvalue weighted by Gasteiger charge is -2.01. The largest absolute Gasteiger partial charge is 0.465 e. The van der Waals surface area contributed by atoms with Crippen molar-refractivity contribution in [3.05, 3.63) is 35.4 Å². The molecule has 0 aliphatic rings. The number of ether oxygens (including phenoxy) is 1. The Hall–Kier alpha value is -1.82. The van der Waals surface area contributed by atoms with Crippen molar-refractivity contribution in [1.82, 2.24) is 0 Å². The average molecular weight is 203 g/mol. The number of hydrogen-bond acceptors (Lipinski definition) is 3. The number of rotatable bonds is 4. The summed E-state index contributed by atoms with van der Waals surface area (Å²) in [6.45, 7) is 0. The first-order chi connectivity index (χ1) is 7.27. The zero-order valence-electron chi connectivity index (χ0n) is 8.69. The highest BCUT2D eigenvalue weighted by atomic mass is 16.5. The van der Waals surface area contributed by atoms with Crippen molar-refractivity contribution in [2.24, 2.45) is 0 Å². The van der Waals surface area contributed by atoms with E-state index in [1.807, 2.05) is 12.1 Å². The van der Waals surface area contributed by atoms with Gasteiger partial charge in [0.05, 0.1) is 18.7 Å². The predicted octanol–water partition coefficient (Wildman–Crippen LogP) is 2.32. The molecule has 0 unspecified atom stereocenters. The number of methoxy groups -OCH3 is 1. The van der Waals surface area contributed by atoms with Crippen molar-refractivity contribution >= 4 is 5.97 Å². The molecule has 1 aromatic rings. The fourth-order valence-corrected chi connectivity index (χ4v) is 1.30. The summed E-state index contributed by atoms with van der Waals surface area (Å²) in [5.74, 6) is -0.321. The van der Waals surface area contributed by atoms with Crippen molar-refractivity contribution in [3.63, 3.8) is 0 Å². The number of carbonyl (C=O) groups excluding carboxylic acids is 1. The van der Waals surface area contributed by atoms with E-state index in [0.29, 0.717) is 12.0 Å². The molecular formula is C12H13NO2. The van der Waals surface area contributed by atoms with E-state index < -0.39 is 0 Å². The molecule has 0 saturated heterocycles. The molecule has 0 fully saturated rings. The highest BCUT2D eigenvalue weighted by Gasteiger charge is 2.03. The summed E-state index contributed by atoms with van der Waals surface area (Å²) in [4.78, 5) is 11.1. The molecule has 1 aromatic carbocycles. The molecule has 1 rings (SSSR count). The fourth-order valence-electron chi connectivity index (χ4n) is 1.30. The van der Waals surface area contributed by atoms with Crippen LogP contribution in [0.3, 0.4) is 0 Å². The van der Waals surface area contributed by atoms with Gasteiger partial charge in [-0.1, -0.05) is 12.1 Å². The Morgan fingerprint density at radius 1 is 1.40 bits per heavy atom. The van der Waals surface area contributed by atoms with Gasteiger partial charge < -0.3 is 4.74 Å². The van der Waals surface area contributed by atoms with E-state index in [9.17, 15) is 4.79 Å². The molecule has 0 spiro atoms. The van der Waals surface area contributed by atoms with Crippen LogP contribution in [-0.2, 0) is 11.2 Å². The molecule has 0 saturated carbocycles. The summed E-state index contributed by atoms with van der Waals surface area (Å²) in [6.07, 6.45) is 2.29. The Morgan fingerprint density at radius 2 is 2.07 bits per heavy atom. The zero-order valence-corrected chi connectivity index (χ0v) is 8.69. The first kappa shape index (κ1) is 11.3. The summed E-state index contributed by atoms with van der Waals surface area (Å²) in [6, 6.07) is 9.37. The van der Waals surface area contributed by atoms with Crippen LogP contribution in [0.25, 0.3) is 0 Å². The van der Waals surface area contributed by atoms with Gasteiger partial charge in [-0.3, -0.25) is 0 Å². The molecular weight excluding hydrogens is 190 g/mol. The second-order valence-electron chi connectivity index (χ2n) is 3.20. The van der Waals surface area contributed by atoms with E-state index in [0.717, 1.165) is 18.4 Å². The van der Waals surface area contributed by atoms with Gasteiger partial charge in [-0.15, -0.1) is 0 Å². The molecule has 0 heterocycles. The molecule has 3 heteroatoms. The molecule has 0 radical (unpaired) electrons. The van der Waals surface area contributed by atoms with Crippen molar-refractivity contribution in [1.29, 1.82) is 5.26 Å². The number of nitriles is 1. The van der Waals surface area contributed by atoms with Gasteiger partial charge in [0.25, 0.3) is 0 Å². The van der Waals surface area contributed by atoms with Gasteiger partial charge in [0, 0.05) is 6.42 Å². The van der Waals surface area contributed by atoms with Crippen LogP contribution in [0, 0.1) is 11.3 Å². The second kappa shape index (κ2) is 5.82. The summed E-state index contributed by atoms with van der Waals surface area (Å²) in [5, 5.41) is 8.38. The third-order valence-electron chi connectivity index (χ3n) is 2.13. The molecule has 0 amide bonds. The number of benzene rings is 1. The van der Waals surface area contributed by atoms with Crippen molar-refractivity contribution < 1.29 is 9.53 Å². The maximum atomic E-state index is 11.1. The van der Waals surface area contributed by atoms with Crippen LogP contribution < -0.4 is 0 Å². The molecule has 3 nitrogen and oxygen atoms in total. The van der Waals surface area contributed by atoms with E-state index in [1.165, 1.54) is 7.11 Å². The van der Waals surface area contributed by atoms with Crippen LogP contribution in [0.5, 0.6) is 0 Å². The predicted molar refractivity (Wildman–Crippen MR) is 56.3 cm³/mol. The fraction of sp³-hybridized carbons (Fsp3) is 0.333. The Morgan fingerprint density at radius 3 is 2.60 bits per heavy atom. The first-order valence-electron chi connectivity index (χ1n) is 4.82. The van der Waals surface area contributed by atoms with Crippen LogP contribution in [0.15, 0.2) is 24.3 Å². The van der Waals surface area contributed by atoms with E-state index in [4.69, 9.17) is 5.26 Å². The second-order valence-corrected chi connectivity index (χ2v) is 3.20. The molecule has 0 N–H and O–H groups in total. The van der Waals surface area contributed by atoms with Crippen LogP contribution in [0.4, 0.5) is 0 Å². The maximum absolute atomic E-state index is 11.1. The Bertz CT molecular complexity index is 362. The Labute approximate surface area is 89.3 Å². The summed E-state index contributed by atoms with van der Waals surface area (Å²) >= 11 is 0. The number of nitrogens with zero attached hydrogens (tertiary/aromatic N) is 1. The molecule has 0 bridgehead atoms. The molecule has 0 aromatic heterocycles. The topological polar surface area (TPSA) is 50.1 Å². The van der Waals surface area contributed by atoms with Gasteiger partial charge in [0.1, 0.15) is 0 Å². The molecule has 15 heavy (non-hydrogen) atoms. The number of aryl methyl sites for hydroxylation is 1. The third-order valence-corrected chi connectivity index (χ3v) is 2.13. The lowest BCUT2D eigenvalue weighted by molar-refractivity contribution is 0.0600. The van der Waals surface area contributed by atoms with E-state index >= 15 is 0 Å². The standard InChI is InChI=1S/C12H13NO2/c1-15-12(14)11-7-5-10(6-8-11)4-2-3-9-13/h5-8H,2-4H2,1H3. The highest BCUT2D eigenvalue weighted by molar-refractivity contribution is 5.89. The first-order valence-corrected chi connectivity index (χ1v) is 4.82. The van der Waals surface area contributed by atoms with Crippen LogP contribution in [-0.4, -0.2) is 13.1 Å². The number of esters is 1. The normalized spacial score (nSPS) is 9.33. The minimum atomic E-state index is -0.321. The number of carbonyl (C=O) groups is 1. The van der Waals surface area contributed by atoms with Gasteiger partial charge in [-0.05, 0) is 30.5 Å². The molecule has 0 aliphatic heterocycles. The molecule has 78 valence electrons. The Balaban J connectivity index is 2.57. The van der Waals surface area contributed by atoms with Gasteiger partial charge in [-0.25, -0.2) is 4.79 Å². The minimum absolute atomic E-state index is 0.321. The average Bonchev–Trinajstić information content (AvgIpc) is 2.29. The summed E-state index contributed by atoms with van der Waals surface area (Å²) < 4.78 is 4.59. The van der Waals surface area contributed by atoms with Gasteiger partial charge in [0.15, 0.2) is 0 Å². The maximum Gasteiger partial charge on any atom is 0.337 e. The Kier molecular flexibility index (Phi) is 4.36. The van der Waals surface area contributed by atoms with Crippen molar-refractivity contribution in [3.8, 4) is 6.07 Å². The third kappa shape index (κ3) is 3.43. The lowest BCUT2D eigenvalue weighted by atomic mass is 10.1. The van der Waals surface area contributed by atoms with Gasteiger partial charge in [0.2, 0.25) is 0 Å². The number of hydrogen-bond donors (Lipinski definition) is 0. The zero-order chi connectivity index (χ0) is 11.1. The van der Waals surface area contributed by atoms with E-state index in [-0.39, 0.29) is 5.97 Å². The van der Waals surface area contributed by atoms with Gasteiger partial charge in [-0.2, -0.15) is 5.26 Å². The highest BCUT2D eigenvalue weighted by Crippen LogP contribution is 2.08. The monoisotopic (exact) mass is 203 g/mol. The van der Waals surface area contributed by atoms with Crippen LogP contribution in [0.1, 0.15) is 28.8 Å². The summed E-state index contributed by atoms with van der Waals surface area (Å²) in [5.41, 5.74) is 1.69. The van der Waals surface area contributed by atoms with E-state index in [1.54, 1.807) is 12.1 Å². The smallest absolute Gasteiger partial charge is 0.337 e.